The minimum absolute atomic E-state index is 0.000768. The van der Waals surface area contributed by atoms with Crippen molar-refractivity contribution in [2.24, 2.45) is 11.3 Å². The molecule has 0 radical (unpaired) electrons. The summed E-state index contributed by atoms with van der Waals surface area (Å²) in [6.45, 7) is 6.65. The van der Waals surface area contributed by atoms with Gasteiger partial charge in [0.2, 0.25) is 5.91 Å². The minimum Gasteiger partial charge on any atom is -0.379 e. The summed E-state index contributed by atoms with van der Waals surface area (Å²) in [5.74, 6) is 0.753. The van der Waals surface area contributed by atoms with Gasteiger partial charge in [-0.1, -0.05) is 19.9 Å². The lowest BCUT2D eigenvalue weighted by Crippen LogP contribution is -2.55. The van der Waals surface area contributed by atoms with Crippen LogP contribution >= 0.6 is 0 Å². The van der Waals surface area contributed by atoms with Gasteiger partial charge < -0.3 is 24.6 Å². The van der Waals surface area contributed by atoms with E-state index >= 15 is 0 Å². The Hall–Kier alpha value is -1.91. The number of nitrogens with one attached hydrogen (secondary N) is 1. The van der Waals surface area contributed by atoms with Crippen LogP contribution in [0.25, 0.3) is 0 Å². The van der Waals surface area contributed by atoms with Crippen LogP contribution in [0.1, 0.15) is 51.6 Å². The lowest BCUT2D eigenvalue weighted by Gasteiger charge is -2.42. The highest BCUT2D eigenvalue weighted by Crippen LogP contribution is 2.48. The maximum absolute atomic E-state index is 14.1. The van der Waals surface area contributed by atoms with Gasteiger partial charge in [-0.05, 0) is 50.2 Å². The first-order chi connectivity index (χ1) is 17.1. The van der Waals surface area contributed by atoms with Gasteiger partial charge in [-0.25, -0.2) is 4.98 Å². The molecular weight excluding hydrogens is 473 g/mol. The van der Waals surface area contributed by atoms with E-state index in [1.807, 2.05) is 9.80 Å². The lowest BCUT2D eigenvalue weighted by atomic mass is 9.74. The fourth-order valence-electron chi connectivity index (χ4n) is 6.84. The maximum Gasteiger partial charge on any atom is 0.433 e. The zero-order valence-electron chi connectivity index (χ0n) is 21.3. The molecule has 4 heterocycles. The van der Waals surface area contributed by atoms with Crippen LogP contribution in [-0.4, -0.2) is 79.5 Å². The number of carbonyl (C=O) groups excluding carboxylic acids is 1. The van der Waals surface area contributed by atoms with Crippen molar-refractivity contribution in [2.75, 3.05) is 38.3 Å². The van der Waals surface area contributed by atoms with Gasteiger partial charge in [-0.15, -0.1) is 0 Å². The average molecular weight is 511 g/mol. The first-order valence-corrected chi connectivity index (χ1v) is 13.1. The van der Waals surface area contributed by atoms with Crippen molar-refractivity contribution in [3.8, 4) is 0 Å². The van der Waals surface area contributed by atoms with E-state index in [-0.39, 0.29) is 42.1 Å². The Morgan fingerprint density at radius 3 is 2.72 bits per heavy atom. The molecule has 0 unspecified atom stereocenters. The molecule has 0 spiro atoms. The monoisotopic (exact) mass is 510 g/mol. The van der Waals surface area contributed by atoms with E-state index in [0.29, 0.717) is 32.1 Å². The molecule has 7 nitrogen and oxygen atoms in total. The molecule has 10 heteroatoms. The van der Waals surface area contributed by atoms with Gasteiger partial charge in [-0.2, -0.15) is 13.2 Å². The Morgan fingerprint density at radius 2 is 2.06 bits per heavy atom. The molecule has 6 atom stereocenters. The molecular formula is C26H37F3N4O3. The van der Waals surface area contributed by atoms with E-state index in [0.717, 1.165) is 38.2 Å². The van der Waals surface area contributed by atoms with E-state index in [9.17, 15) is 18.0 Å². The molecule has 1 amide bonds. The third kappa shape index (κ3) is 4.60. The highest BCUT2D eigenvalue weighted by molar-refractivity contribution is 5.84. The summed E-state index contributed by atoms with van der Waals surface area (Å²) in [7, 11) is 1.71. The van der Waals surface area contributed by atoms with E-state index in [2.05, 4.69) is 24.1 Å². The predicted molar refractivity (Wildman–Crippen MR) is 129 cm³/mol. The molecule has 1 aromatic heterocycles. The summed E-state index contributed by atoms with van der Waals surface area (Å²) in [6.07, 6.45) is -0.196. The molecule has 200 valence electrons. The number of amides is 1. The van der Waals surface area contributed by atoms with Crippen molar-refractivity contribution in [3.63, 3.8) is 0 Å². The van der Waals surface area contributed by atoms with Crippen LogP contribution in [0, 0.1) is 11.3 Å². The van der Waals surface area contributed by atoms with E-state index in [4.69, 9.17) is 9.47 Å². The SMILES string of the molecule is CO[C@@H]1COCC[C@@H]1N[C@@H]1CC[C@@](C(=O)N2C[C@@H]3C[C@H]2CN3c2cccc(C(F)(F)F)n2)(C(C)C)C1. The van der Waals surface area contributed by atoms with E-state index in [1.165, 1.54) is 6.07 Å². The normalized spacial score (nSPS) is 34.7. The summed E-state index contributed by atoms with van der Waals surface area (Å²) < 4.78 is 50.7. The van der Waals surface area contributed by atoms with Gasteiger partial charge in [0, 0.05) is 38.9 Å². The minimum atomic E-state index is -4.47. The van der Waals surface area contributed by atoms with E-state index < -0.39 is 17.3 Å². The van der Waals surface area contributed by atoms with Crippen LogP contribution in [0.15, 0.2) is 18.2 Å². The number of hydrogen-bond donors (Lipinski definition) is 1. The van der Waals surface area contributed by atoms with Crippen molar-refractivity contribution >= 4 is 11.7 Å². The number of hydrogen-bond acceptors (Lipinski definition) is 6. The molecule has 3 aliphatic heterocycles. The molecule has 1 saturated carbocycles. The van der Waals surface area contributed by atoms with Gasteiger partial charge >= 0.3 is 6.18 Å². The quantitative estimate of drug-likeness (QED) is 0.632. The van der Waals surface area contributed by atoms with Gasteiger partial charge in [0.05, 0.1) is 30.2 Å². The number of rotatable bonds is 6. The topological polar surface area (TPSA) is 66.9 Å². The van der Waals surface area contributed by atoms with Gasteiger partial charge in [0.15, 0.2) is 0 Å². The van der Waals surface area contributed by atoms with E-state index in [1.54, 1.807) is 13.2 Å². The van der Waals surface area contributed by atoms with Crippen LogP contribution in [0.2, 0.25) is 0 Å². The first-order valence-electron chi connectivity index (χ1n) is 13.1. The van der Waals surface area contributed by atoms with Gasteiger partial charge in [0.25, 0.3) is 0 Å². The third-order valence-corrected chi connectivity index (χ3v) is 8.96. The number of nitrogens with zero attached hydrogens (tertiary/aromatic N) is 3. The van der Waals surface area contributed by atoms with Crippen LogP contribution in [-0.2, 0) is 20.4 Å². The predicted octanol–water partition coefficient (Wildman–Crippen LogP) is 3.48. The Morgan fingerprint density at radius 1 is 1.25 bits per heavy atom. The summed E-state index contributed by atoms with van der Waals surface area (Å²) in [6, 6.07) is 4.53. The van der Waals surface area contributed by atoms with Crippen molar-refractivity contribution in [2.45, 2.75) is 82.4 Å². The number of carbonyl (C=O) groups is 1. The van der Waals surface area contributed by atoms with Crippen molar-refractivity contribution in [3.05, 3.63) is 23.9 Å². The molecule has 4 fully saturated rings. The summed E-state index contributed by atoms with van der Waals surface area (Å²) >= 11 is 0. The largest absolute Gasteiger partial charge is 0.433 e. The Balaban J connectivity index is 1.26. The molecule has 0 aromatic carbocycles. The fraction of sp³-hybridized carbons (Fsp3) is 0.769. The molecule has 36 heavy (non-hydrogen) atoms. The molecule has 3 saturated heterocycles. The van der Waals surface area contributed by atoms with Crippen LogP contribution < -0.4 is 10.2 Å². The fourth-order valence-corrected chi connectivity index (χ4v) is 6.84. The Kier molecular flexibility index (Phi) is 6.97. The number of piperazine rings is 1. The number of anilines is 1. The second kappa shape index (κ2) is 9.76. The highest BCUT2D eigenvalue weighted by atomic mass is 19.4. The van der Waals surface area contributed by atoms with Crippen LogP contribution in [0.4, 0.5) is 19.0 Å². The number of halogens is 3. The standard InChI is InChI=1S/C26H37F3N4O3/c1-16(2)25(9-7-17(12-25)30-20-8-10-36-15-21(20)35-3)24(34)33-14-18-11-19(33)13-32(18)23-6-4-5-22(31-23)26(27,28)29/h4-6,16-21,30H,7-15H2,1-3H3/t17-,18+,19+,20+,21-,25+/m1/s1. The number of methoxy groups -OCH3 is 1. The molecule has 1 N–H and O–H groups in total. The maximum atomic E-state index is 14.1. The number of ether oxygens (including phenoxy) is 2. The van der Waals surface area contributed by atoms with Crippen LogP contribution in [0.3, 0.4) is 0 Å². The molecule has 5 rings (SSSR count). The summed E-state index contributed by atoms with van der Waals surface area (Å²) in [4.78, 5) is 21.9. The third-order valence-electron chi connectivity index (χ3n) is 8.96. The highest BCUT2D eigenvalue weighted by Gasteiger charge is 2.54. The van der Waals surface area contributed by atoms with Crippen LogP contribution in [0.5, 0.6) is 0 Å². The lowest BCUT2D eigenvalue weighted by molar-refractivity contribution is -0.146. The van der Waals surface area contributed by atoms with Crippen molar-refractivity contribution in [1.82, 2.24) is 15.2 Å². The Bertz CT molecular complexity index is 961. The average Bonchev–Trinajstić information content (AvgIpc) is 3.58. The second-order valence-electron chi connectivity index (χ2n) is 11.2. The molecule has 2 bridgehead atoms. The molecule has 1 aromatic rings. The number of fused-ring (bicyclic) bond motifs is 2. The molecule has 1 aliphatic carbocycles. The number of aromatic nitrogens is 1. The Labute approximate surface area is 210 Å². The smallest absolute Gasteiger partial charge is 0.379 e. The van der Waals surface area contributed by atoms with Gasteiger partial charge in [-0.3, -0.25) is 4.79 Å². The van der Waals surface area contributed by atoms with Crippen molar-refractivity contribution < 1.29 is 27.4 Å². The number of likely N-dealkylation sites (tertiary alicyclic amines) is 1. The molecule has 4 aliphatic rings. The second-order valence-corrected chi connectivity index (χ2v) is 11.2. The zero-order valence-corrected chi connectivity index (χ0v) is 21.3. The first kappa shape index (κ1) is 25.7. The summed E-state index contributed by atoms with van der Waals surface area (Å²) in [5.41, 5.74) is -1.30. The van der Waals surface area contributed by atoms with Crippen molar-refractivity contribution in [1.29, 1.82) is 0 Å². The van der Waals surface area contributed by atoms with Gasteiger partial charge in [0.1, 0.15) is 11.5 Å². The number of alkyl halides is 3. The zero-order chi connectivity index (χ0) is 25.7. The summed E-state index contributed by atoms with van der Waals surface area (Å²) in [5, 5.41) is 3.77. The number of pyridine rings is 1.